The van der Waals surface area contributed by atoms with Gasteiger partial charge in [0.2, 0.25) is 5.95 Å². The highest BCUT2D eigenvalue weighted by Crippen LogP contribution is 2.19. The van der Waals surface area contributed by atoms with Gasteiger partial charge in [0, 0.05) is 30.5 Å². The van der Waals surface area contributed by atoms with E-state index in [9.17, 15) is 0 Å². The lowest BCUT2D eigenvalue weighted by atomic mass is 9.97. The number of nitrogens with zero attached hydrogens (tertiary/aromatic N) is 2. The van der Waals surface area contributed by atoms with Gasteiger partial charge in [0.25, 0.3) is 0 Å². The van der Waals surface area contributed by atoms with Gasteiger partial charge < -0.3 is 10.6 Å². The Kier molecular flexibility index (Phi) is 5.99. The van der Waals surface area contributed by atoms with Crippen molar-refractivity contribution in [2.24, 2.45) is 0 Å². The average Bonchev–Trinajstić information content (AvgIpc) is 2.46. The molecule has 20 heavy (non-hydrogen) atoms. The molecular weight excluding hydrogens is 248 g/mol. The Balaban J connectivity index is 1.67. The molecule has 0 atom stereocenters. The molecule has 4 nitrogen and oxygen atoms in total. The molecule has 0 radical (unpaired) electrons. The van der Waals surface area contributed by atoms with Gasteiger partial charge >= 0.3 is 0 Å². The molecule has 110 valence electrons. The molecule has 0 aromatic carbocycles. The Labute approximate surface area is 122 Å². The first-order valence-electron chi connectivity index (χ1n) is 7.70. The van der Waals surface area contributed by atoms with Crippen molar-refractivity contribution in [3.8, 4) is 0 Å². The number of allylic oxidation sites excluding steroid dienone is 1. The first-order chi connectivity index (χ1) is 9.74. The van der Waals surface area contributed by atoms with Crippen LogP contribution in [0.3, 0.4) is 0 Å². The van der Waals surface area contributed by atoms with E-state index in [4.69, 9.17) is 0 Å². The standard InChI is InChI=1S/C16H26N4/c1-13(2)20-16-18-11-15(12-19-16)10-17-9-8-14-6-4-3-5-7-14/h6,11-13,17H,3-5,7-10H2,1-2H3,(H,18,19,20). The number of hydrogen-bond donors (Lipinski definition) is 2. The fourth-order valence-electron chi connectivity index (χ4n) is 2.39. The molecule has 2 rings (SSSR count). The van der Waals surface area contributed by atoms with Crippen LogP contribution < -0.4 is 10.6 Å². The molecule has 0 spiro atoms. The summed E-state index contributed by atoms with van der Waals surface area (Å²) in [7, 11) is 0. The summed E-state index contributed by atoms with van der Waals surface area (Å²) in [6.07, 6.45) is 12.7. The van der Waals surface area contributed by atoms with E-state index in [1.807, 2.05) is 12.4 Å². The molecule has 0 saturated carbocycles. The Morgan fingerprint density at radius 3 is 2.65 bits per heavy atom. The van der Waals surface area contributed by atoms with E-state index in [1.165, 1.54) is 32.1 Å². The second kappa shape index (κ2) is 8.00. The van der Waals surface area contributed by atoms with Gasteiger partial charge in [0.05, 0.1) is 0 Å². The van der Waals surface area contributed by atoms with Crippen molar-refractivity contribution in [1.82, 2.24) is 15.3 Å². The third-order valence-electron chi connectivity index (χ3n) is 3.46. The molecule has 1 aromatic rings. The van der Waals surface area contributed by atoms with Crippen molar-refractivity contribution < 1.29 is 0 Å². The summed E-state index contributed by atoms with van der Waals surface area (Å²) in [5, 5.41) is 6.66. The van der Waals surface area contributed by atoms with Gasteiger partial charge in [0.15, 0.2) is 0 Å². The van der Waals surface area contributed by atoms with Gasteiger partial charge in [0.1, 0.15) is 0 Å². The molecule has 2 N–H and O–H groups in total. The van der Waals surface area contributed by atoms with Crippen LogP contribution in [0.15, 0.2) is 24.0 Å². The quantitative estimate of drug-likeness (QED) is 0.592. The lowest BCUT2D eigenvalue weighted by molar-refractivity contribution is 0.631. The number of anilines is 1. The first-order valence-corrected chi connectivity index (χ1v) is 7.70. The molecule has 0 saturated heterocycles. The number of rotatable bonds is 7. The third-order valence-corrected chi connectivity index (χ3v) is 3.46. The summed E-state index contributed by atoms with van der Waals surface area (Å²) in [5.74, 6) is 0.705. The number of hydrogen-bond acceptors (Lipinski definition) is 4. The Morgan fingerprint density at radius 1 is 1.20 bits per heavy atom. The molecule has 0 bridgehead atoms. The molecule has 0 amide bonds. The second-order valence-corrected chi connectivity index (χ2v) is 5.75. The smallest absolute Gasteiger partial charge is 0.222 e. The van der Waals surface area contributed by atoms with E-state index < -0.39 is 0 Å². The summed E-state index contributed by atoms with van der Waals surface area (Å²) in [6, 6.07) is 0.364. The van der Waals surface area contributed by atoms with Crippen LogP contribution in [0.2, 0.25) is 0 Å². The van der Waals surface area contributed by atoms with Crippen LogP contribution in [0.5, 0.6) is 0 Å². The Hall–Kier alpha value is -1.42. The maximum Gasteiger partial charge on any atom is 0.222 e. The lowest BCUT2D eigenvalue weighted by Gasteiger charge is -2.13. The predicted octanol–water partition coefficient (Wildman–Crippen LogP) is 3.28. The highest BCUT2D eigenvalue weighted by atomic mass is 15.1. The van der Waals surface area contributed by atoms with E-state index in [-0.39, 0.29) is 0 Å². The largest absolute Gasteiger partial charge is 0.352 e. The highest BCUT2D eigenvalue weighted by molar-refractivity contribution is 5.25. The van der Waals surface area contributed by atoms with Crippen molar-refractivity contribution >= 4 is 5.95 Å². The normalized spacial score (nSPS) is 15.2. The van der Waals surface area contributed by atoms with E-state index in [0.29, 0.717) is 12.0 Å². The minimum Gasteiger partial charge on any atom is -0.352 e. The first kappa shape index (κ1) is 15.0. The monoisotopic (exact) mass is 274 g/mol. The Morgan fingerprint density at radius 2 is 2.00 bits per heavy atom. The minimum absolute atomic E-state index is 0.364. The van der Waals surface area contributed by atoms with E-state index in [2.05, 4.69) is 40.5 Å². The number of aromatic nitrogens is 2. The number of nitrogens with one attached hydrogen (secondary N) is 2. The molecular formula is C16H26N4. The third kappa shape index (κ3) is 5.29. The predicted molar refractivity (Wildman–Crippen MR) is 83.7 cm³/mol. The van der Waals surface area contributed by atoms with Crippen molar-refractivity contribution in [2.45, 2.75) is 58.5 Å². The topological polar surface area (TPSA) is 49.8 Å². The Bertz CT molecular complexity index is 423. The zero-order chi connectivity index (χ0) is 14.2. The van der Waals surface area contributed by atoms with Crippen molar-refractivity contribution in [2.75, 3.05) is 11.9 Å². The van der Waals surface area contributed by atoms with Gasteiger partial charge in [-0.1, -0.05) is 11.6 Å². The summed E-state index contributed by atoms with van der Waals surface area (Å²) >= 11 is 0. The molecule has 0 fully saturated rings. The van der Waals surface area contributed by atoms with Crippen LogP contribution in [0.25, 0.3) is 0 Å². The maximum atomic E-state index is 4.31. The molecule has 1 aromatic heterocycles. The minimum atomic E-state index is 0.364. The lowest BCUT2D eigenvalue weighted by Crippen LogP contribution is -2.17. The van der Waals surface area contributed by atoms with Gasteiger partial charge in [-0.3, -0.25) is 0 Å². The van der Waals surface area contributed by atoms with Crippen LogP contribution in [0.4, 0.5) is 5.95 Å². The average molecular weight is 274 g/mol. The van der Waals surface area contributed by atoms with Crippen molar-refractivity contribution in [3.63, 3.8) is 0 Å². The molecule has 1 aliphatic rings. The summed E-state index contributed by atoms with van der Waals surface area (Å²) in [5.41, 5.74) is 2.76. The fourth-order valence-corrected chi connectivity index (χ4v) is 2.39. The van der Waals surface area contributed by atoms with Crippen molar-refractivity contribution in [3.05, 3.63) is 29.6 Å². The van der Waals surface area contributed by atoms with E-state index in [0.717, 1.165) is 18.7 Å². The van der Waals surface area contributed by atoms with Crippen LogP contribution in [0, 0.1) is 0 Å². The van der Waals surface area contributed by atoms with E-state index >= 15 is 0 Å². The molecule has 0 aliphatic heterocycles. The van der Waals surface area contributed by atoms with E-state index in [1.54, 1.807) is 5.57 Å². The van der Waals surface area contributed by atoms with Gasteiger partial charge in [-0.05, 0) is 52.5 Å². The van der Waals surface area contributed by atoms with Crippen LogP contribution in [-0.4, -0.2) is 22.6 Å². The zero-order valence-electron chi connectivity index (χ0n) is 12.7. The van der Waals surface area contributed by atoms with Gasteiger partial charge in [-0.2, -0.15) is 0 Å². The molecule has 0 unspecified atom stereocenters. The van der Waals surface area contributed by atoms with Crippen molar-refractivity contribution in [1.29, 1.82) is 0 Å². The fraction of sp³-hybridized carbons (Fsp3) is 0.625. The summed E-state index contributed by atoms with van der Waals surface area (Å²) in [6.45, 7) is 6.05. The zero-order valence-corrected chi connectivity index (χ0v) is 12.7. The van der Waals surface area contributed by atoms with Gasteiger partial charge in [-0.25, -0.2) is 9.97 Å². The molecule has 1 aliphatic carbocycles. The molecule has 1 heterocycles. The second-order valence-electron chi connectivity index (χ2n) is 5.75. The van der Waals surface area contributed by atoms with Gasteiger partial charge in [-0.15, -0.1) is 0 Å². The van der Waals surface area contributed by atoms with Crippen LogP contribution >= 0.6 is 0 Å². The highest BCUT2D eigenvalue weighted by Gasteiger charge is 2.03. The van der Waals surface area contributed by atoms with Crippen LogP contribution in [0.1, 0.15) is 51.5 Å². The summed E-state index contributed by atoms with van der Waals surface area (Å²) < 4.78 is 0. The maximum absolute atomic E-state index is 4.31. The summed E-state index contributed by atoms with van der Waals surface area (Å²) in [4.78, 5) is 8.63. The SMILES string of the molecule is CC(C)Nc1ncc(CNCCC2=CCCCC2)cn1. The molecule has 4 heteroatoms. The van der Waals surface area contributed by atoms with Crippen LogP contribution in [-0.2, 0) is 6.54 Å².